The molecule has 23 heavy (non-hydrogen) atoms. The van der Waals surface area contributed by atoms with Crippen LogP contribution >= 0.6 is 0 Å². The number of aryl methyl sites for hydroxylation is 3. The van der Waals surface area contributed by atoms with Gasteiger partial charge < -0.3 is 4.98 Å². The number of hydrogen-bond acceptors (Lipinski definition) is 4. The zero-order valence-corrected chi connectivity index (χ0v) is 12.7. The molecular weight excluding hydrogens is 290 g/mol. The monoisotopic (exact) mass is 305 g/mol. The van der Waals surface area contributed by atoms with E-state index in [1.165, 1.54) is 5.56 Å². The van der Waals surface area contributed by atoms with Gasteiger partial charge in [-0.3, -0.25) is 9.36 Å². The number of aromatic amines is 1. The van der Waals surface area contributed by atoms with E-state index in [2.05, 4.69) is 26.0 Å². The van der Waals surface area contributed by atoms with Crippen LogP contribution in [0.3, 0.4) is 0 Å². The maximum Gasteiger partial charge on any atom is 0.262 e. The molecule has 0 saturated carbocycles. The lowest BCUT2D eigenvalue weighted by Gasteiger charge is -2.04. The number of nitrogens with zero attached hydrogens (tertiary/aromatic N) is 4. The van der Waals surface area contributed by atoms with Crippen LogP contribution in [0.4, 0.5) is 0 Å². The van der Waals surface area contributed by atoms with E-state index < -0.39 is 0 Å². The molecule has 0 radical (unpaired) electrons. The molecule has 0 aliphatic carbocycles. The Morgan fingerprint density at radius 2 is 2.13 bits per heavy atom. The van der Waals surface area contributed by atoms with Crippen LogP contribution in [0.15, 0.2) is 47.7 Å². The summed E-state index contributed by atoms with van der Waals surface area (Å²) in [5.41, 5.74) is 3.56. The third kappa shape index (κ3) is 2.48. The Morgan fingerprint density at radius 1 is 1.22 bits per heavy atom. The van der Waals surface area contributed by atoms with E-state index in [4.69, 9.17) is 0 Å². The average molecular weight is 305 g/mol. The van der Waals surface area contributed by atoms with Gasteiger partial charge in [-0.15, -0.1) is 0 Å². The molecule has 1 N–H and O–H groups in total. The normalized spacial score (nSPS) is 11.3. The van der Waals surface area contributed by atoms with Gasteiger partial charge in [0.2, 0.25) is 0 Å². The van der Waals surface area contributed by atoms with Crippen LogP contribution in [0.25, 0.3) is 22.1 Å². The Kier molecular flexibility index (Phi) is 3.15. The first-order valence-corrected chi connectivity index (χ1v) is 7.46. The lowest BCUT2D eigenvalue weighted by molar-refractivity contribution is 0.647. The minimum absolute atomic E-state index is 0.0740. The van der Waals surface area contributed by atoms with Gasteiger partial charge in [0.1, 0.15) is 5.82 Å². The summed E-state index contributed by atoms with van der Waals surface area (Å²) in [5, 5.41) is 0.537. The molecule has 3 aromatic heterocycles. The number of rotatable bonds is 3. The fraction of sp³-hybridized carbons (Fsp3) is 0.176. The van der Waals surface area contributed by atoms with Gasteiger partial charge in [-0.1, -0.05) is 6.07 Å². The first-order valence-electron chi connectivity index (χ1n) is 7.46. The van der Waals surface area contributed by atoms with Gasteiger partial charge in [0.25, 0.3) is 5.56 Å². The highest BCUT2D eigenvalue weighted by Crippen LogP contribution is 2.13. The predicted octanol–water partition coefficient (Wildman–Crippen LogP) is 2.22. The first-order chi connectivity index (χ1) is 11.2. The summed E-state index contributed by atoms with van der Waals surface area (Å²) in [7, 11) is 0. The summed E-state index contributed by atoms with van der Waals surface area (Å²) in [4.78, 5) is 28.6. The molecule has 0 amide bonds. The van der Waals surface area contributed by atoms with E-state index in [0.717, 1.165) is 16.9 Å². The molecule has 0 atom stereocenters. The predicted molar refractivity (Wildman–Crippen MR) is 88.3 cm³/mol. The molecule has 0 bridgehead atoms. The van der Waals surface area contributed by atoms with E-state index in [9.17, 15) is 4.79 Å². The molecule has 0 aliphatic heterocycles. The smallest absolute Gasteiger partial charge is 0.262 e. The van der Waals surface area contributed by atoms with E-state index in [-0.39, 0.29) is 5.56 Å². The van der Waals surface area contributed by atoms with Crippen molar-refractivity contribution in [3.05, 3.63) is 64.6 Å². The van der Waals surface area contributed by atoms with Gasteiger partial charge in [0.15, 0.2) is 5.65 Å². The van der Waals surface area contributed by atoms with Crippen LogP contribution in [0.2, 0.25) is 0 Å². The molecule has 4 aromatic rings. The van der Waals surface area contributed by atoms with E-state index in [1.54, 1.807) is 29.2 Å². The molecule has 0 fully saturated rings. The number of H-pyrrole nitrogens is 1. The second kappa shape index (κ2) is 5.31. The van der Waals surface area contributed by atoms with Crippen molar-refractivity contribution in [3.63, 3.8) is 0 Å². The second-order valence-electron chi connectivity index (χ2n) is 5.57. The topological polar surface area (TPSA) is 76.5 Å². The summed E-state index contributed by atoms with van der Waals surface area (Å²) < 4.78 is 1.60. The number of nitrogens with one attached hydrogen (secondary N) is 1. The molecule has 6 nitrogen and oxygen atoms in total. The van der Waals surface area contributed by atoms with Crippen LogP contribution in [-0.4, -0.2) is 24.5 Å². The summed E-state index contributed by atoms with van der Waals surface area (Å²) in [6, 6.07) is 9.61. The minimum Gasteiger partial charge on any atom is -0.342 e. The van der Waals surface area contributed by atoms with Gasteiger partial charge >= 0.3 is 0 Å². The summed E-state index contributed by atoms with van der Waals surface area (Å²) in [6.07, 6.45) is 3.82. The third-order valence-electron chi connectivity index (χ3n) is 3.87. The zero-order valence-electron chi connectivity index (χ0n) is 12.7. The quantitative estimate of drug-likeness (QED) is 0.629. The molecule has 114 valence electrons. The van der Waals surface area contributed by atoms with Crippen molar-refractivity contribution in [1.82, 2.24) is 24.5 Å². The van der Waals surface area contributed by atoms with Gasteiger partial charge in [-0.25, -0.2) is 15.0 Å². The average Bonchev–Trinajstić information content (AvgIpc) is 2.96. The summed E-state index contributed by atoms with van der Waals surface area (Å²) in [5.74, 6) is 0.865. The van der Waals surface area contributed by atoms with Gasteiger partial charge in [-0.05, 0) is 36.8 Å². The highest BCUT2D eigenvalue weighted by atomic mass is 16.1. The largest absolute Gasteiger partial charge is 0.342 e. The molecule has 0 saturated heterocycles. The van der Waals surface area contributed by atoms with Crippen LogP contribution in [0.5, 0.6) is 0 Å². The number of aromatic nitrogens is 5. The molecule has 3 heterocycles. The Hall–Kier alpha value is -3.02. The molecule has 4 rings (SSSR count). The zero-order chi connectivity index (χ0) is 15.8. The lowest BCUT2D eigenvalue weighted by atomic mass is 10.2. The number of pyridine rings is 1. The Morgan fingerprint density at radius 3 is 3.04 bits per heavy atom. The van der Waals surface area contributed by atoms with Crippen molar-refractivity contribution in [2.45, 2.75) is 19.9 Å². The molecule has 0 spiro atoms. The number of imidazole rings is 1. The van der Waals surface area contributed by atoms with Crippen molar-refractivity contribution < 1.29 is 0 Å². The SMILES string of the molecule is Cc1ccc2nc(CCn3cnc4ncccc4c3=O)[nH]c2c1. The fourth-order valence-corrected chi connectivity index (χ4v) is 2.68. The molecule has 1 aromatic carbocycles. The number of hydrogen-bond donors (Lipinski definition) is 1. The van der Waals surface area contributed by atoms with Crippen molar-refractivity contribution in [3.8, 4) is 0 Å². The maximum absolute atomic E-state index is 12.4. The first kappa shape index (κ1) is 13.6. The van der Waals surface area contributed by atoms with Crippen molar-refractivity contribution in [1.29, 1.82) is 0 Å². The lowest BCUT2D eigenvalue weighted by Crippen LogP contribution is -2.22. The highest BCUT2D eigenvalue weighted by Gasteiger charge is 2.07. The Balaban J connectivity index is 1.63. The van der Waals surface area contributed by atoms with Crippen molar-refractivity contribution in [2.24, 2.45) is 0 Å². The highest BCUT2D eigenvalue weighted by molar-refractivity contribution is 5.75. The van der Waals surface area contributed by atoms with Crippen LogP contribution in [0.1, 0.15) is 11.4 Å². The summed E-state index contributed by atoms with van der Waals surface area (Å²) in [6.45, 7) is 2.57. The standard InChI is InChI=1S/C17H15N5O/c1-11-4-5-13-14(9-11)21-15(20-13)6-8-22-10-19-16-12(17(22)23)3-2-7-18-16/h2-5,7,9-10H,6,8H2,1H3,(H,20,21). The van der Waals surface area contributed by atoms with E-state index in [1.807, 2.05) is 19.1 Å². The molecule has 6 heteroatoms. The van der Waals surface area contributed by atoms with Crippen LogP contribution < -0.4 is 5.56 Å². The van der Waals surface area contributed by atoms with Gasteiger partial charge in [-0.2, -0.15) is 0 Å². The molecule has 0 unspecified atom stereocenters. The minimum atomic E-state index is -0.0740. The van der Waals surface area contributed by atoms with Crippen LogP contribution in [-0.2, 0) is 13.0 Å². The van der Waals surface area contributed by atoms with Crippen molar-refractivity contribution in [2.75, 3.05) is 0 Å². The van der Waals surface area contributed by atoms with Crippen LogP contribution in [0, 0.1) is 6.92 Å². The molecule has 0 aliphatic rings. The van der Waals surface area contributed by atoms with E-state index in [0.29, 0.717) is 24.0 Å². The Bertz CT molecular complexity index is 1060. The third-order valence-corrected chi connectivity index (χ3v) is 3.87. The maximum atomic E-state index is 12.4. The number of benzene rings is 1. The fourth-order valence-electron chi connectivity index (χ4n) is 2.68. The van der Waals surface area contributed by atoms with Crippen molar-refractivity contribution >= 4 is 22.1 Å². The van der Waals surface area contributed by atoms with Gasteiger partial charge in [0.05, 0.1) is 22.7 Å². The summed E-state index contributed by atoms with van der Waals surface area (Å²) >= 11 is 0. The number of fused-ring (bicyclic) bond motifs is 2. The van der Waals surface area contributed by atoms with E-state index >= 15 is 0 Å². The molecular formula is C17H15N5O. The Labute approximate surface area is 131 Å². The van der Waals surface area contributed by atoms with Gasteiger partial charge in [0, 0.05) is 19.2 Å². The second-order valence-corrected chi connectivity index (χ2v) is 5.57.